The number of ether oxygens (including phenoxy) is 1. The average molecular weight is 546 g/mol. The number of rotatable bonds is 11. The van der Waals surface area contributed by atoms with Gasteiger partial charge < -0.3 is 15.2 Å². The summed E-state index contributed by atoms with van der Waals surface area (Å²) in [5, 5.41) is 17.4. The van der Waals surface area contributed by atoms with Crippen molar-refractivity contribution in [2.45, 2.75) is 25.8 Å². The van der Waals surface area contributed by atoms with Crippen LogP contribution in [0, 0.1) is 0 Å². The molecule has 200 valence electrons. The number of aryl methyl sites for hydroxylation is 1. The highest BCUT2D eigenvalue weighted by Gasteiger charge is 2.21. The van der Waals surface area contributed by atoms with Gasteiger partial charge >= 0.3 is 5.97 Å². The molecule has 8 nitrogen and oxygen atoms in total. The lowest BCUT2D eigenvalue weighted by Gasteiger charge is -2.22. The van der Waals surface area contributed by atoms with E-state index in [0.717, 1.165) is 5.56 Å². The van der Waals surface area contributed by atoms with Crippen molar-refractivity contribution < 1.29 is 19.4 Å². The molecular formula is C30H28ClN3O5. The number of hydrogen-bond acceptors (Lipinski definition) is 6. The second-order valence-electron chi connectivity index (χ2n) is 9.04. The van der Waals surface area contributed by atoms with E-state index in [1.165, 1.54) is 36.9 Å². The Morgan fingerprint density at radius 1 is 1.03 bits per heavy atom. The maximum atomic E-state index is 13.5. The molecule has 3 aromatic carbocycles. The van der Waals surface area contributed by atoms with Gasteiger partial charge in [0.2, 0.25) is 5.88 Å². The Hall–Kier alpha value is -4.43. The molecule has 39 heavy (non-hydrogen) atoms. The lowest BCUT2D eigenvalue weighted by Crippen LogP contribution is -2.32. The van der Waals surface area contributed by atoms with Crippen LogP contribution in [0.2, 0.25) is 5.02 Å². The first-order valence-corrected chi connectivity index (χ1v) is 12.7. The minimum Gasteiger partial charge on any atom is -0.480 e. The molecule has 0 bridgehead atoms. The number of halogens is 1. The van der Waals surface area contributed by atoms with Gasteiger partial charge in [0.05, 0.1) is 24.3 Å². The van der Waals surface area contributed by atoms with E-state index in [4.69, 9.17) is 21.4 Å². The fourth-order valence-corrected chi connectivity index (χ4v) is 4.53. The smallest absolute Gasteiger partial charge is 0.335 e. The number of benzene rings is 3. The summed E-state index contributed by atoms with van der Waals surface area (Å²) in [7, 11) is 1.46. The molecule has 0 radical (unpaired) electrons. The number of anilines is 1. The Bertz CT molecular complexity index is 1530. The maximum absolute atomic E-state index is 13.5. The number of methoxy groups -OCH3 is 1. The fraction of sp³-hybridized carbons (Fsp3) is 0.200. The van der Waals surface area contributed by atoms with E-state index in [2.05, 4.69) is 10.4 Å². The van der Waals surface area contributed by atoms with Crippen LogP contribution in [0.15, 0.2) is 83.7 Å². The van der Waals surface area contributed by atoms with Crippen molar-refractivity contribution in [1.82, 2.24) is 9.78 Å². The Balaban J connectivity index is 1.70. The van der Waals surface area contributed by atoms with E-state index in [9.17, 15) is 14.4 Å². The van der Waals surface area contributed by atoms with Gasteiger partial charge in [-0.3, -0.25) is 9.59 Å². The Morgan fingerprint density at radius 3 is 2.38 bits per heavy atom. The molecule has 0 aliphatic carbocycles. The first-order valence-electron chi connectivity index (χ1n) is 12.4. The molecule has 0 spiro atoms. The highest BCUT2D eigenvalue weighted by Crippen LogP contribution is 2.32. The third kappa shape index (κ3) is 6.72. The zero-order valence-electron chi connectivity index (χ0n) is 21.6. The van der Waals surface area contributed by atoms with Crippen LogP contribution in [0.1, 0.15) is 45.7 Å². The van der Waals surface area contributed by atoms with E-state index < -0.39 is 5.97 Å². The number of nitrogens with zero attached hydrogens (tertiary/aromatic N) is 2. The third-order valence-electron chi connectivity index (χ3n) is 6.40. The number of carboxylic acid groups (broad SMARTS) is 1. The molecule has 2 N–H and O–H groups in total. The summed E-state index contributed by atoms with van der Waals surface area (Å²) in [4.78, 5) is 36.9. The SMILES string of the molecule is COc1nn([C@@H](CCc2ccccc2)CNc2ccc(C(=O)O)cc2)c(=O)cc1-c1cc(Cl)ccc1C(C)=O. The largest absolute Gasteiger partial charge is 0.480 e. The van der Waals surface area contributed by atoms with Crippen molar-refractivity contribution in [3.8, 4) is 17.0 Å². The van der Waals surface area contributed by atoms with E-state index in [-0.39, 0.29) is 28.8 Å². The molecule has 4 aromatic rings. The predicted molar refractivity (Wildman–Crippen MR) is 151 cm³/mol. The second-order valence-corrected chi connectivity index (χ2v) is 9.47. The molecule has 0 aliphatic rings. The molecular weight excluding hydrogens is 518 g/mol. The number of carbonyl (C=O) groups excluding carboxylic acids is 1. The number of carbonyl (C=O) groups is 2. The van der Waals surface area contributed by atoms with Crippen LogP contribution >= 0.6 is 11.6 Å². The van der Waals surface area contributed by atoms with E-state index in [1.54, 1.807) is 30.3 Å². The van der Waals surface area contributed by atoms with Gasteiger partial charge in [0, 0.05) is 28.9 Å². The first-order chi connectivity index (χ1) is 18.8. The van der Waals surface area contributed by atoms with Crippen LogP contribution in [-0.4, -0.2) is 40.3 Å². The van der Waals surface area contributed by atoms with Gasteiger partial charge in [0.15, 0.2) is 5.78 Å². The molecule has 0 amide bonds. The summed E-state index contributed by atoms with van der Waals surface area (Å²) in [6.07, 6.45) is 1.29. The normalized spacial score (nSPS) is 11.6. The summed E-state index contributed by atoms with van der Waals surface area (Å²) in [6.45, 7) is 1.80. The van der Waals surface area contributed by atoms with Crippen LogP contribution in [0.4, 0.5) is 5.69 Å². The lowest BCUT2D eigenvalue weighted by molar-refractivity contribution is 0.0696. The fourth-order valence-electron chi connectivity index (χ4n) is 4.36. The van der Waals surface area contributed by atoms with Gasteiger partial charge in [-0.1, -0.05) is 41.9 Å². The standard InChI is InChI=1S/C30H28ClN3O5/c1-19(35)25-15-11-22(31)16-26(25)27-17-28(36)34(33-29(27)39-2)24(14-8-20-6-4-3-5-7-20)18-32-23-12-9-21(10-13-23)30(37)38/h3-7,9-13,15-17,24,32H,8,14,18H2,1-2H3,(H,37,38)/t24-/m0/s1. The molecule has 0 unspecified atom stereocenters. The molecule has 1 aromatic heterocycles. The average Bonchev–Trinajstić information content (AvgIpc) is 2.93. The van der Waals surface area contributed by atoms with E-state index in [1.807, 2.05) is 30.3 Å². The number of carboxylic acids is 1. The lowest BCUT2D eigenvalue weighted by atomic mass is 9.98. The van der Waals surface area contributed by atoms with Crippen LogP contribution in [0.25, 0.3) is 11.1 Å². The molecule has 0 saturated heterocycles. The molecule has 0 saturated carbocycles. The molecule has 9 heteroatoms. The minimum absolute atomic E-state index is 0.174. The third-order valence-corrected chi connectivity index (χ3v) is 6.63. The Labute approximate surface area is 230 Å². The zero-order valence-corrected chi connectivity index (χ0v) is 22.3. The van der Waals surface area contributed by atoms with Crippen molar-refractivity contribution in [3.05, 3.63) is 111 Å². The number of aromatic nitrogens is 2. The summed E-state index contributed by atoms with van der Waals surface area (Å²) in [5.74, 6) is -0.987. The van der Waals surface area contributed by atoms with Gasteiger partial charge in [-0.05, 0) is 73.4 Å². The van der Waals surface area contributed by atoms with Crippen molar-refractivity contribution in [2.75, 3.05) is 19.0 Å². The summed E-state index contributed by atoms with van der Waals surface area (Å²) < 4.78 is 6.97. The predicted octanol–water partition coefficient (Wildman–Crippen LogP) is 5.76. The van der Waals surface area contributed by atoms with Crippen LogP contribution in [0.3, 0.4) is 0 Å². The van der Waals surface area contributed by atoms with Crippen molar-refractivity contribution in [1.29, 1.82) is 0 Å². The number of hydrogen-bond donors (Lipinski definition) is 2. The molecule has 1 heterocycles. The highest BCUT2D eigenvalue weighted by molar-refractivity contribution is 6.31. The van der Waals surface area contributed by atoms with Gasteiger partial charge in [-0.15, -0.1) is 5.10 Å². The van der Waals surface area contributed by atoms with Crippen LogP contribution < -0.4 is 15.6 Å². The Kier molecular flexibility index (Phi) is 8.78. The van der Waals surface area contributed by atoms with Crippen LogP contribution in [-0.2, 0) is 6.42 Å². The molecule has 0 fully saturated rings. The van der Waals surface area contributed by atoms with Gasteiger partial charge in [-0.25, -0.2) is 9.48 Å². The van der Waals surface area contributed by atoms with Gasteiger partial charge in [-0.2, -0.15) is 0 Å². The summed E-state index contributed by atoms with van der Waals surface area (Å²) >= 11 is 6.22. The monoisotopic (exact) mass is 545 g/mol. The van der Waals surface area contributed by atoms with E-state index >= 15 is 0 Å². The minimum atomic E-state index is -1.00. The summed E-state index contributed by atoms with van der Waals surface area (Å²) in [6, 6.07) is 22.2. The van der Waals surface area contributed by atoms with Gasteiger partial charge in [0.25, 0.3) is 5.56 Å². The topological polar surface area (TPSA) is 111 Å². The van der Waals surface area contributed by atoms with Crippen molar-refractivity contribution in [3.63, 3.8) is 0 Å². The van der Waals surface area contributed by atoms with Crippen molar-refractivity contribution >= 4 is 29.0 Å². The summed E-state index contributed by atoms with van der Waals surface area (Å²) in [5.41, 5.74) is 2.92. The number of nitrogens with one attached hydrogen (secondary N) is 1. The molecule has 1 atom stereocenters. The zero-order chi connectivity index (χ0) is 27.9. The first kappa shape index (κ1) is 27.6. The van der Waals surface area contributed by atoms with Gasteiger partial charge in [0.1, 0.15) is 0 Å². The number of ketones is 1. The maximum Gasteiger partial charge on any atom is 0.335 e. The second kappa shape index (κ2) is 12.4. The van der Waals surface area contributed by atoms with Crippen LogP contribution in [0.5, 0.6) is 5.88 Å². The molecule has 4 rings (SSSR count). The quantitative estimate of drug-likeness (QED) is 0.230. The Morgan fingerprint density at radius 2 is 1.74 bits per heavy atom. The number of aromatic carboxylic acids is 1. The molecule has 0 aliphatic heterocycles. The van der Waals surface area contributed by atoms with Crippen molar-refractivity contribution in [2.24, 2.45) is 0 Å². The number of Topliss-reactive ketones (excluding diaryl/α,β-unsaturated/α-hetero) is 1. The highest BCUT2D eigenvalue weighted by atomic mass is 35.5. The van der Waals surface area contributed by atoms with E-state index in [0.29, 0.717) is 46.8 Å².